The molecule has 0 bridgehead atoms. The van der Waals surface area contributed by atoms with Gasteiger partial charge >= 0.3 is 0 Å². The first-order valence-corrected chi connectivity index (χ1v) is 6.41. The van der Waals surface area contributed by atoms with E-state index in [9.17, 15) is 4.79 Å². The van der Waals surface area contributed by atoms with Crippen molar-refractivity contribution < 1.29 is 9.21 Å². The van der Waals surface area contributed by atoms with Gasteiger partial charge in [-0.1, -0.05) is 0 Å². The highest BCUT2D eigenvalue weighted by atomic mass is 16.3. The number of rotatable bonds is 5. The van der Waals surface area contributed by atoms with Crippen molar-refractivity contribution in [2.24, 2.45) is 0 Å². The number of nitrogens with one attached hydrogen (secondary N) is 2. The van der Waals surface area contributed by atoms with E-state index in [4.69, 9.17) is 4.42 Å². The molecule has 18 heavy (non-hydrogen) atoms. The Bertz CT molecular complexity index is 372. The minimum absolute atomic E-state index is 0.0424. The molecule has 1 amide bonds. The van der Waals surface area contributed by atoms with Crippen molar-refractivity contribution >= 4 is 5.91 Å². The largest absolute Gasteiger partial charge is 0.467 e. The Morgan fingerprint density at radius 3 is 3.17 bits per heavy atom. The monoisotopic (exact) mass is 251 g/mol. The molecule has 1 aromatic heterocycles. The van der Waals surface area contributed by atoms with Crippen LogP contribution in [-0.2, 0) is 11.3 Å². The van der Waals surface area contributed by atoms with Crippen molar-refractivity contribution in [3.63, 3.8) is 0 Å². The number of likely N-dealkylation sites (N-methyl/N-ethyl adjacent to an activating group) is 1. The minimum atomic E-state index is -0.120. The zero-order valence-corrected chi connectivity index (χ0v) is 11.0. The first-order chi connectivity index (χ1) is 8.68. The number of carbonyl (C=O) groups excluding carboxylic acids is 1. The van der Waals surface area contributed by atoms with Gasteiger partial charge in [0, 0.05) is 12.6 Å². The maximum absolute atomic E-state index is 12.0. The maximum Gasteiger partial charge on any atom is 0.237 e. The molecule has 5 heteroatoms. The summed E-state index contributed by atoms with van der Waals surface area (Å²) in [5.41, 5.74) is 0. The van der Waals surface area contributed by atoms with Gasteiger partial charge in [-0.25, -0.2) is 0 Å². The fourth-order valence-corrected chi connectivity index (χ4v) is 2.22. The Balaban J connectivity index is 1.80. The Hall–Kier alpha value is -1.33. The van der Waals surface area contributed by atoms with E-state index in [1.54, 1.807) is 6.26 Å². The van der Waals surface area contributed by atoms with Crippen molar-refractivity contribution in [2.75, 3.05) is 20.1 Å². The van der Waals surface area contributed by atoms with Crippen LogP contribution in [0.1, 0.15) is 19.1 Å². The summed E-state index contributed by atoms with van der Waals surface area (Å²) in [5, 5.41) is 6.21. The van der Waals surface area contributed by atoms with E-state index in [1.807, 2.05) is 26.1 Å². The third-order valence-electron chi connectivity index (χ3n) is 3.62. The minimum Gasteiger partial charge on any atom is -0.467 e. The molecule has 100 valence electrons. The number of furan rings is 1. The number of nitrogens with zero attached hydrogens (tertiary/aromatic N) is 1. The van der Waals surface area contributed by atoms with Gasteiger partial charge in [0.05, 0.1) is 18.8 Å². The first-order valence-electron chi connectivity index (χ1n) is 6.41. The Kier molecular flexibility index (Phi) is 4.38. The predicted molar refractivity (Wildman–Crippen MR) is 69.1 cm³/mol. The first kappa shape index (κ1) is 13.1. The molecule has 2 unspecified atom stereocenters. The lowest BCUT2D eigenvalue weighted by atomic mass is 10.1. The van der Waals surface area contributed by atoms with Crippen LogP contribution in [0.4, 0.5) is 0 Å². The van der Waals surface area contributed by atoms with Crippen LogP contribution in [0.15, 0.2) is 22.8 Å². The van der Waals surface area contributed by atoms with E-state index >= 15 is 0 Å². The maximum atomic E-state index is 12.0. The Morgan fingerprint density at radius 1 is 1.72 bits per heavy atom. The molecule has 1 aromatic rings. The fraction of sp³-hybridized carbons (Fsp3) is 0.615. The SMILES string of the molecule is CC(C(=O)NCc1ccco1)N(C)C1CCNC1. The molecule has 1 fully saturated rings. The molecule has 0 spiro atoms. The van der Waals surface area contributed by atoms with Crippen molar-refractivity contribution in [1.82, 2.24) is 15.5 Å². The van der Waals surface area contributed by atoms with Crippen molar-refractivity contribution in [3.05, 3.63) is 24.2 Å². The highest BCUT2D eigenvalue weighted by Gasteiger charge is 2.26. The third kappa shape index (κ3) is 3.11. The van der Waals surface area contributed by atoms with E-state index in [0.717, 1.165) is 25.3 Å². The summed E-state index contributed by atoms with van der Waals surface area (Å²) >= 11 is 0. The Labute approximate surface area is 108 Å². The molecular formula is C13H21N3O2. The summed E-state index contributed by atoms with van der Waals surface area (Å²) in [6.45, 7) is 4.39. The fourth-order valence-electron chi connectivity index (χ4n) is 2.22. The van der Waals surface area contributed by atoms with Crippen LogP contribution in [0.5, 0.6) is 0 Å². The second-order valence-electron chi connectivity index (χ2n) is 4.79. The van der Waals surface area contributed by atoms with Gasteiger partial charge in [0.15, 0.2) is 0 Å². The van der Waals surface area contributed by atoms with Gasteiger partial charge in [0.25, 0.3) is 0 Å². The van der Waals surface area contributed by atoms with Crippen LogP contribution in [0.2, 0.25) is 0 Å². The molecule has 5 nitrogen and oxygen atoms in total. The Morgan fingerprint density at radius 2 is 2.56 bits per heavy atom. The summed E-state index contributed by atoms with van der Waals surface area (Å²) in [4.78, 5) is 14.2. The summed E-state index contributed by atoms with van der Waals surface area (Å²) in [6, 6.07) is 4.01. The van der Waals surface area contributed by atoms with E-state index in [2.05, 4.69) is 15.5 Å². The van der Waals surface area contributed by atoms with Crippen LogP contribution in [-0.4, -0.2) is 43.0 Å². The molecule has 2 heterocycles. The lowest BCUT2D eigenvalue weighted by Gasteiger charge is -2.29. The van der Waals surface area contributed by atoms with Crippen molar-refractivity contribution in [3.8, 4) is 0 Å². The van der Waals surface area contributed by atoms with E-state index < -0.39 is 0 Å². The number of amides is 1. The molecule has 2 atom stereocenters. The highest BCUT2D eigenvalue weighted by molar-refractivity contribution is 5.81. The molecular weight excluding hydrogens is 230 g/mol. The molecule has 0 radical (unpaired) electrons. The van der Waals surface area contributed by atoms with Crippen molar-refractivity contribution in [2.45, 2.75) is 32.0 Å². The average molecular weight is 251 g/mol. The number of hydrogen-bond donors (Lipinski definition) is 2. The average Bonchev–Trinajstić information content (AvgIpc) is 3.06. The zero-order valence-electron chi connectivity index (χ0n) is 11.0. The molecule has 0 saturated carbocycles. The molecule has 2 rings (SSSR count). The summed E-state index contributed by atoms with van der Waals surface area (Å²) in [6.07, 6.45) is 2.72. The van der Waals surface area contributed by atoms with Crippen LogP contribution in [0.3, 0.4) is 0 Å². The molecule has 0 aromatic carbocycles. The third-order valence-corrected chi connectivity index (χ3v) is 3.62. The highest BCUT2D eigenvalue weighted by Crippen LogP contribution is 2.10. The van der Waals surface area contributed by atoms with Crippen LogP contribution in [0.25, 0.3) is 0 Å². The normalized spacial score (nSPS) is 21.2. The quantitative estimate of drug-likeness (QED) is 0.803. The lowest BCUT2D eigenvalue weighted by Crippen LogP contribution is -2.48. The van der Waals surface area contributed by atoms with E-state index in [0.29, 0.717) is 12.6 Å². The van der Waals surface area contributed by atoms with Crippen LogP contribution < -0.4 is 10.6 Å². The van der Waals surface area contributed by atoms with Gasteiger partial charge < -0.3 is 15.1 Å². The molecule has 1 saturated heterocycles. The molecule has 1 aliphatic heterocycles. The van der Waals surface area contributed by atoms with Crippen molar-refractivity contribution in [1.29, 1.82) is 0 Å². The van der Waals surface area contributed by atoms with Crippen LogP contribution in [0, 0.1) is 0 Å². The summed E-state index contributed by atoms with van der Waals surface area (Å²) in [5.74, 6) is 0.821. The van der Waals surface area contributed by atoms with Gasteiger partial charge in [-0.3, -0.25) is 9.69 Å². The van der Waals surface area contributed by atoms with Gasteiger partial charge in [-0.15, -0.1) is 0 Å². The second kappa shape index (κ2) is 6.02. The molecule has 0 aliphatic carbocycles. The summed E-state index contributed by atoms with van der Waals surface area (Å²) in [7, 11) is 2.01. The number of carbonyl (C=O) groups is 1. The zero-order chi connectivity index (χ0) is 13.0. The molecule has 2 N–H and O–H groups in total. The standard InChI is InChI=1S/C13H21N3O2/c1-10(16(2)11-5-6-14-8-11)13(17)15-9-12-4-3-7-18-12/h3-4,7,10-11,14H,5-6,8-9H2,1-2H3,(H,15,17). The molecule has 1 aliphatic rings. The van der Waals surface area contributed by atoms with Gasteiger partial charge in [0.1, 0.15) is 5.76 Å². The van der Waals surface area contributed by atoms with E-state index in [1.165, 1.54) is 0 Å². The smallest absolute Gasteiger partial charge is 0.237 e. The number of hydrogen-bond acceptors (Lipinski definition) is 4. The second-order valence-corrected chi connectivity index (χ2v) is 4.79. The van der Waals surface area contributed by atoms with Gasteiger partial charge in [-0.05, 0) is 39.1 Å². The predicted octanol–water partition coefficient (Wildman–Crippen LogP) is 0.578. The van der Waals surface area contributed by atoms with Gasteiger partial charge in [-0.2, -0.15) is 0 Å². The summed E-state index contributed by atoms with van der Waals surface area (Å²) < 4.78 is 5.19. The lowest BCUT2D eigenvalue weighted by molar-refractivity contribution is -0.126. The van der Waals surface area contributed by atoms with Gasteiger partial charge in [0.2, 0.25) is 5.91 Å². The topological polar surface area (TPSA) is 57.5 Å². The van der Waals surface area contributed by atoms with E-state index in [-0.39, 0.29) is 11.9 Å². The van der Waals surface area contributed by atoms with Crippen LogP contribution >= 0.6 is 0 Å².